The van der Waals surface area contributed by atoms with Crippen LogP contribution in [0.2, 0.25) is 0 Å². The highest BCUT2D eigenvalue weighted by molar-refractivity contribution is 5.76. The monoisotopic (exact) mass is 269 g/mol. The molecule has 1 amide bonds. The Bertz CT molecular complexity index is 252. The molecule has 1 atom stereocenters. The van der Waals surface area contributed by atoms with Crippen LogP contribution < -0.4 is 11.1 Å². The third kappa shape index (κ3) is 6.92. The van der Waals surface area contributed by atoms with E-state index in [2.05, 4.69) is 17.3 Å². The average molecular weight is 269 g/mol. The van der Waals surface area contributed by atoms with Gasteiger partial charge >= 0.3 is 0 Å². The van der Waals surface area contributed by atoms with E-state index in [0.29, 0.717) is 6.42 Å². The molecule has 0 aromatic rings. The summed E-state index contributed by atoms with van der Waals surface area (Å²) in [6, 6.07) is 0.767. The fourth-order valence-electron chi connectivity index (χ4n) is 2.72. The maximum atomic E-state index is 11.6. The lowest BCUT2D eigenvalue weighted by Gasteiger charge is -2.31. The fraction of sp³-hybridized carbons (Fsp3) is 0.933. The zero-order chi connectivity index (χ0) is 14.1. The van der Waals surface area contributed by atoms with E-state index in [4.69, 9.17) is 5.73 Å². The first-order valence-corrected chi connectivity index (χ1v) is 7.86. The number of nitrogens with two attached hydrogens (primary N) is 1. The second kappa shape index (κ2) is 9.32. The van der Waals surface area contributed by atoms with Gasteiger partial charge in [-0.1, -0.05) is 26.2 Å². The number of carbonyl (C=O) groups excluding carboxylic acids is 1. The van der Waals surface area contributed by atoms with Crippen LogP contribution >= 0.6 is 0 Å². The van der Waals surface area contributed by atoms with Crippen LogP contribution in [0.3, 0.4) is 0 Å². The van der Waals surface area contributed by atoms with Gasteiger partial charge in [-0.15, -0.1) is 0 Å². The van der Waals surface area contributed by atoms with Crippen LogP contribution in [0.5, 0.6) is 0 Å². The smallest absolute Gasteiger partial charge is 0.221 e. The van der Waals surface area contributed by atoms with Crippen LogP contribution in [0.25, 0.3) is 0 Å². The lowest BCUT2D eigenvalue weighted by molar-refractivity contribution is -0.121. The van der Waals surface area contributed by atoms with Crippen LogP contribution in [0.1, 0.15) is 58.3 Å². The Labute approximate surface area is 118 Å². The fourth-order valence-corrected chi connectivity index (χ4v) is 2.72. The summed E-state index contributed by atoms with van der Waals surface area (Å²) in [6.07, 6.45) is 9.18. The van der Waals surface area contributed by atoms with Crippen LogP contribution in [-0.4, -0.2) is 43.0 Å². The van der Waals surface area contributed by atoms with Crippen molar-refractivity contribution in [3.63, 3.8) is 0 Å². The number of amides is 1. The number of hydrogen-bond acceptors (Lipinski definition) is 3. The molecule has 0 heterocycles. The number of nitrogens with zero attached hydrogens (tertiary/aromatic N) is 1. The zero-order valence-corrected chi connectivity index (χ0v) is 12.7. The number of carbonyl (C=O) groups is 1. The number of nitrogens with one attached hydrogen (secondary N) is 1. The Morgan fingerprint density at radius 1 is 1.37 bits per heavy atom. The number of hydrogen-bond donors (Lipinski definition) is 2. The molecule has 4 heteroatoms. The molecule has 1 unspecified atom stereocenters. The van der Waals surface area contributed by atoms with Crippen LogP contribution in [0.4, 0.5) is 0 Å². The first kappa shape index (κ1) is 16.4. The highest BCUT2D eigenvalue weighted by Gasteiger charge is 2.17. The SMILES string of the molecule is CCC(N)CC(=O)NCCCN(C)C1CCCCC1. The van der Waals surface area contributed by atoms with Crippen molar-refractivity contribution < 1.29 is 4.79 Å². The topological polar surface area (TPSA) is 58.4 Å². The second-order valence-electron chi connectivity index (χ2n) is 5.85. The molecule has 1 rings (SSSR count). The summed E-state index contributed by atoms with van der Waals surface area (Å²) < 4.78 is 0. The molecule has 19 heavy (non-hydrogen) atoms. The summed E-state index contributed by atoms with van der Waals surface area (Å²) in [4.78, 5) is 14.0. The van der Waals surface area contributed by atoms with Crippen molar-refractivity contribution in [2.75, 3.05) is 20.1 Å². The van der Waals surface area contributed by atoms with Gasteiger partial charge in [-0.25, -0.2) is 0 Å². The second-order valence-corrected chi connectivity index (χ2v) is 5.85. The molecule has 3 N–H and O–H groups in total. The summed E-state index contributed by atoms with van der Waals surface area (Å²) >= 11 is 0. The normalized spacial score (nSPS) is 18.5. The minimum Gasteiger partial charge on any atom is -0.356 e. The van der Waals surface area contributed by atoms with Gasteiger partial charge in [0, 0.05) is 25.0 Å². The third-order valence-corrected chi connectivity index (χ3v) is 4.18. The van der Waals surface area contributed by atoms with Crippen molar-refractivity contribution in [1.29, 1.82) is 0 Å². The molecule has 1 fully saturated rings. The largest absolute Gasteiger partial charge is 0.356 e. The Morgan fingerprint density at radius 3 is 2.68 bits per heavy atom. The van der Waals surface area contributed by atoms with E-state index in [-0.39, 0.29) is 11.9 Å². The van der Waals surface area contributed by atoms with Gasteiger partial charge in [0.05, 0.1) is 0 Å². The van der Waals surface area contributed by atoms with Gasteiger partial charge in [0.15, 0.2) is 0 Å². The predicted molar refractivity (Wildman–Crippen MR) is 80.0 cm³/mol. The predicted octanol–water partition coefficient (Wildman–Crippen LogP) is 1.88. The van der Waals surface area contributed by atoms with Crippen LogP contribution in [-0.2, 0) is 4.79 Å². The first-order valence-electron chi connectivity index (χ1n) is 7.86. The third-order valence-electron chi connectivity index (χ3n) is 4.18. The number of rotatable bonds is 8. The zero-order valence-electron chi connectivity index (χ0n) is 12.7. The molecule has 0 aromatic heterocycles. The molecule has 0 bridgehead atoms. The standard InChI is InChI=1S/C15H31N3O/c1-3-13(16)12-15(19)17-10-7-11-18(2)14-8-5-4-6-9-14/h13-14H,3-12,16H2,1-2H3,(H,17,19). The minimum atomic E-state index is 0.00455. The van der Waals surface area contributed by atoms with E-state index >= 15 is 0 Å². The van der Waals surface area contributed by atoms with Gasteiger partial charge in [-0.2, -0.15) is 0 Å². The van der Waals surface area contributed by atoms with Crippen LogP contribution in [0.15, 0.2) is 0 Å². The van der Waals surface area contributed by atoms with Gasteiger partial charge in [0.1, 0.15) is 0 Å². The van der Waals surface area contributed by atoms with E-state index < -0.39 is 0 Å². The Morgan fingerprint density at radius 2 is 2.05 bits per heavy atom. The lowest BCUT2D eigenvalue weighted by Crippen LogP contribution is -2.36. The molecular formula is C15H31N3O. The lowest BCUT2D eigenvalue weighted by atomic mass is 9.94. The maximum absolute atomic E-state index is 11.6. The Balaban J connectivity index is 2.04. The minimum absolute atomic E-state index is 0.00455. The quantitative estimate of drug-likeness (QED) is 0.662. The van der Waals surface area contributed by atoms with Gasteiger partial charge in [0.25, 0.3) is 0 Å². The van der Waals surface area contributed by atoms with Crippen molar-refractivity contribution in [2.45, 2.75) is 70.4 Å². The summed E-state index contributed by atoms with van der Waals surface area (Å²) in [7, 11) is 2.21. The highest BCUT2D eigenvalue weighted by Crippen LogP contribution is 2.21. The van der Waals surface area contributed by atoms with E-state index in [1.54, 1.807) is 0 Å². The molecule has 1 saturated carbocycles. The Hall–Kier alpha value is -0.610. The Kier molecular flexibility index (Phi) is 8.07. The summed E-state index contributed by atoms with van der Waals surface area (Å²) in [6.45, 7) is 3.86. The summed E-state index contributed by atoms with van der Waals surface area (Å²) in [5, 5.41) is 2.96. The molecule has 0 spiro atoms. The molecule has 1 aliphatic rings. The molecule has 0 radical (unpaired) electrons. The maximum Gasteiger partial charge on any atom is 0.221 e. The molecular weight excluding hydrogens is 238 g/mol. The average Bonchev–Trinajstić information content (AvgIpc) is 2.44. The van der Waals surface area contributed by atoms with Crippen molar-refractivity contribution in [3.8, 4) is 0 Å². The molecule has 112 valence electrons. The van der Waals surface area contributed by atoms with E-state index in [9.17, 15) is 4.79 Å². The molecule has 4 nitrogen and oxygen atoms in total. The van der Waals surface area contributed by atoms with Gasteiger partial charge < -0.3 is 16.0 Å². The van der Waals surface area contributed by atoms with E-state index in [1.807, 2.05) is 6.92 Å². The molecule has 0 aromatic carbocycles. The summed E-state index contributed by atoms with van der Waals surface area (Å²) in [5.41, 5.74) is 5.75. The van der Waals surface area contributed by atoms with E-state index in [0.717, 1.165) is 32.0 Å². The molecule has 0 aliphatic heterocycles. The van der Waals surface area contributed by atoms with Crippen LogP contribution in [0, 0.1) is 0 Å². The van der Waals surface area contributed by atoms with Gasteiger partial charge in [0.2, 0.25) is 5.91 Å². The van der Waals surface area contributed by atoms with Gasteiger partial charge in [-0.3, -0.25) is 4.79 Å². The highest BCUT2D eigenvalue weighted by atomic mass is 16.1. The van der Waals surface area contributed by atoms with Gasteiger partial charge in [-0.05, 0) is 39.3 Å². The summed E-state index contributed by atoms with van der Waals surface area (Å²) in [5.74, 6) is 0.0923. The van der Waals surface area contributed by atoms with Crippen molar-refractivity contribution in [2.24, 2.45) is 5.73 Å². The molecule has 0 saturated heterocycles. The van der Waals surface area contributed by atoms with E-state index in [1.165, 1.54) is 32.1 Å². The van der Waals surface area contributed by atoms with Crippen molar-refractivity contribution in [1.82, 2.24) is 10.2 Å². The van der Waals surface area contributed by atoms with Crippen molar-refractivity contribution >= 4 is 5.91 Å². The first-order chi connectivity index (χ1) is 9.13. The van der Waals surface area contributed by atoms with Crippen molar-refractivity contribution in [3.05, 3.63) is 0 Å². The molecule has 1 aliphatic carbocycles.